The SMILES string of the molecule is c1ccc(-c2cc(-c3ccccc3)nc(-c3ccc4c(c3)c3cc(-c5cc6c7ccccc7n7c8ccccc8c(c5)c67)cc5c6ccccc6n4c53)n2)cc1. The van der Waals surface area contributed by atoms with E-state index in [1.807, 2.05) is 12.1 Å². The van der Waals surface area contributed by atoms with Crippen LogP contribution in [-0.2, 0) is 0 Å². The lowest BCUT2D eigenvalue weighted by Crippen LogP contribution is -1.96. The summed E-state index contributed by atoms with van der Waals surface area (Å²) in [5, 5.41) is 10.1. The van der Waals surface area contributed by atoms with Gasteiger partial charge in [-0.1, -0.05) is 115 Å². The van der Waals surface area contributed by atoms with Gasteiger partial charge in [0.25, 0.3) is 0 Å². The third-order valence-corrected chi connectivity index (χ3v) is 12.0. The predicted octanol–water partition coefficient (Wildman–Crippen LogP) is 13.4. The molecule has 0 saturated carbocycles. The number of para-hydroxylation sites is 3. The van der Waals surface area contributed by atoms with Gasteiger partial charge in [0.05, 0.1) is 44.5 Å². The molecule has 0 saturated heterocycles. The van der Waals surface area contributed by atoms with Gasteiger partial charge in [-0.15, -0.1) is 0 Å². The standard InChI is InChI=1S/C52H30N4/c1-3-13-31(14-4-1)44-30-45(32-15-5-2-6-16-32)54-52(53-44)33-23-24-49-39(25-33)43-29-35(28-42-38-19-9-12-22-48(38)56(49)51(42)43)34-26-40-36-17-7-10-20-46(36)55-47-21-11-8-18-37(47)41(27-34)50(40)55/h1-30H. The van der Waals surface area contributed by atoms with E-state index in [9.17, 15) is 0 Å². The van der Waals surface area contributed by atoms with E-state index >= 15 is 0 Å². The van der Waals surface area contributed by atoms with Gasteiger partial charge in [-0.3, -0.25) is 0 Å². The number of fused-ring (bicyclic) bond motifs is 12. The highest BCUT2D eigenvalue weighted by Gasteiger charge is 2.22. The number of hydrogen-bond donors (Lipinski definition) is 0. The fourth-order valence-corrected chi connectivity index (χ4v) is 9.51. The third-order valence-electron chi connectivity index (χ3n) is 12.0. The second-order valence-electron chi connectivity index (χ2n) is 15.0. The van der Waals surface area contributed by atoms with Crippen LogP contribution in [0.4, 0.5) is 0 Å². The van der Waals surface area contributed by atoms with Crippen molar-refractivity contribution in [3.63, 3.8) is 0 Å². The summed E-state index contributed by atoms with van der Waals surface area (Å²) in [5.41, 5.74) is 14.8. The van der Waals surface area contributed by atoms with Crippen LogP contribution >= 0.6 is 0 Å². The first-order valence-electron chi connectivity index (χ1n) is 19.2. The average molecular weight is 711 g/mol. The van der Waals surface area contributed by atoms with Gasteiger partial charge in [0.15, 0.2) is 5.82 Å². The maximum absolute atomic E-state index is 5.20. The molecular weight excluding hydrogens is 681 g/mol. The minimum absolute atomic E-state index is 0.713. The fourth-order valence-electron chi connectivity index (χ4n) is 9.51. The number of hydrogen-bond acceptors (Lipinski definition) is 2. The van der Waals surface area contributed by atoms with Crippen LogP contribution in [0.1, 0.15) is 0 Å². The van der Waals surface area contributed by atoms with Crippen LogP contribution in [0.25, 0.3) is 121 Å². The molecule has 8 aromatic carbocycles. The molecule has 258 valence electrons. The van der Waals surface area contributed by atoms with Crippen molar-refractivity contribution in [1.82, 2.24) is 18.8 Å². The number of nitrogens with zero attached hydrogens (tertiary/aromatic N) is 4. The third kappa shape index (κ3) is 4.02. The molecule has 56 heavy (non-hydrogen) atoms. The smallest absolute Gasteiger partial charge is 0.160 e. The van der Waals surface area contributed by atoms with Crippen LogP contribution in [0.15, 0.2) is 182 Å². The van der Waals surface area contributed by atoms with E-state index in [0.29, 0.717) is 5.82 Å². The summed E-state index contributed by atoms with van der Waals surface area (Å²) in [7, 11) is 0. The molecule has 4 nitrogen and oxygen atoms in total. The van der Waals surface area contributed by atoms with Gasteiger partial charge in [-0.05, 0) is 77.9 Å². The van der Waals surface area contributed by atoms with E-state index in [1.54, 1.807) is 0 Å². The summed E-state index contributed by atoms with van der Waals surface area (Å²) < 4.78 is 4.90. The Bertz CT molecular complexity index is 3550. The highest BCUT2D eigenvalue weighted by molar-refractivity contribution is 6.27. The number of aromatic nitrogens is 4. The zero-order chi connectivity index (χ0) is 36.5. The second-order valence-corrected chi connectivity index (χ2v) is 15.0. The molecule has 0 aliphatic carbocycles. The molecule has 4 heteroatoms. The van der Waals surface area contributed by atoms with Gasteiger partial charge in [0, 0.05) is 59.8 Å². The van der Waals surface area contributed by atoms with Gasteiger partial charge >= 0.3 is 0 Å². The predicted molar refractivity (Wildman–Crippen MR) is 233 cm³/mol. The molecule has 0 fully saturated rings. The first-order valence-corrected chi connectivity index (χ1v) is 19.2. The molecule has 13 aromatic rings. The number of rotatable bonds is 4. The van der Waals surface area contributed by atoms with Crippen LogP contribution < -0.4 is 0 Å². The van der Waals surface area contributed by atoms with E-state index in [-0.39, 0.29) is 0 Å². The van der Waals surface area contributed by atoms with E-state index in [4.69, 9.17) is 9.97 Å². The van der Waals surface area contributed by atoms with Crippen molar-refractivity contribution < 1.29 is 0 Å². The van der Waals surface area contributed by atoms with Crippen molar-refractivity contribution in [3.05, 3.63) is 182 Å². The Balaban J connectivity index is 1.09. The highest BCUT2D eigenvalue weighted by Crippen LogP contribution is 2.45. The van der Waals surface area contributed by atoms with Gasteiger partial charge in [0.2, 0.25) is 0 Å². The van der Waals surface area contributed by atoms with Crippen LogP contribution in [0.2, 0.25) is 0 Å². The lowest BCUT2D eigenvalue weighted by molar-refractivity contribution is 1.18. The molecule has 5 heterocycles. The van der Waals surface area contributed by atoms with Crippen molar-refractivity contribution in [2.24, 2.45) is 0 Å². The van der Waals surface area contributed by atoms with Crippen molar-refractivity contribution in [2.45, 2.75) is 0 Å². The summed E-state index contributed by atoms with van der Waals surface area (Å²) in [6.45, 7) is 0. The largest absolute Gasteiger partial charge is 0.308 e. The van der Waals surface area contributed by atoms with Crippen LogP contribution in [0.3, 0.4) is 0 Å². The van der Waals surface area contributed by atoms with Crippen molar-refractivity contribution in [3.8, 4) is 45.0 Å². The Kier molecular flexibility index (Phi) is 5.86. The zero-order valence-corrected chi connectivity index (χ0v) is 30.1. The summed E-state index contributed by atoms with van der Waals surface area (Å²) in [5.74, 6) is 0.713. The van der Waals surface area contributed by atoms with Gasteiger partial charge in [0.1, 0.15) is 0 Å². The second kappa shape index (κ2) is 11.0. The molecule has 0 bridgehead atoms. The van der Waals surface area contributed by atoms with Gasteiger partial charge in [-0.25, -0.2) is 9.97 Å². The molecule has 0 unspecified atom stereocenters. The van der Waals surface area contributed by atoms with Crippen molar-refractivity contribution in [1.29, 1.82) is 0 Å². The zero-order valence-electron chi connectivity index (χ0n) is 30.1. The summed E-state index contributed by atoms with van der Waals surface area (Å²) >= 11 is 0. The molecule has 5 aromatic heterocycles. The maximum Gasteiger partial charge on any atom is 0.160 e. The maximum atomic E-state index is 5.20. The molecule has 0 aliphatic rings. The number of benzene rings is 8. The Morgan fingerprint density at radius 1 is 0.268 bits per heavy atom. The monoisotopic (exact) mass is 710 g/mol. The molecule has 0 atom stereocenters. The van der Waals surface area contributed by atoms with Crippen molar-refractivity contribution >= 4 is 76.2 Å². The Labute approximate surface area is 320 Å². The first-order chi connectivity index (χ1) is 27.8. The topological polar surface area (TPSA) is 34.6 Å². The minimum Gasteiger partial charge on any atom is -0.308 e. The fraction of sp³-hybridized carbons (Fsp3) is 0. The Morgan fingerprint density at radius 2 is 0.643 bits per heavy atom. The molecule has 0 spiro atoms. The van der Waals surface area contributed by atoms with Crippen LogP contribution in [0.5, 0.6) is 0 Å². The lowest BCUT2D eigenvalue weighted by Gasteiger charge is -2.10. The minimum atomic E-state index is 0.713. The summed E-state index contributed by atoms with van der Waals surface area (Å²) in [6, 6.07) is 65.8. The van der Waals surface area contributed by atoms with Gasteiger partial charge in [-0.2, -0.15) is 0 Å². The molecule has 13 rings (SSSR count). The van der Waals surface area contributed by atoms with E-state index in [2.05, 4.69) is 179 Å². The lowest BCUT2D eigenvalue weighted by atomic mass is 9.96. The molecule has 0 aliphatic heterocycles. The van der Waals surface area contributed by atoms with Crippen LogP contribution in [0, 0.1) is 0 Å². The highest BCUT2D eigenvalue weighted by atomic mass is 14.9. The van der Waals surface area contributed by atoms with E-state index in [0.717, 1.165) is 28.1 Å². The molecule has 0 N–H and O–H groups in total. The summed E-state index contributed by atoms with van der Waals surface area (Å²) in [6.07, 6.45) is 0. The first kappa shape index (κ1) is 29.8. The van der Waals surface area contributed by atoms with Crippen molar-refractivity contribution in [2.75, 3.05) is 0 Å². The Morgan fingerprint density at radius 3 is 1.11 bits per heavy atom. The average Bonchev–Trinajstić information content (AvgIpc) is 4.00. The van der Waals surface area contributed by atoms with E-state index in [1.165, 1.54) is 87.3 Å². The Hall–Kier alpha value is -7.56. The van der Waals surface area contributed by atoms with Crippen LogP contribution in [-0.4, -0.2) is 18.8 Å². The summed E-state index contributed by atoms with van der Waals surface area (Å²) in [4.78, 5) is 10.4. The normalized spacial score (nSPS) is 12.3. The molecule has 0 radical (unpaired) electrons. The van der Waals surface area contributed by atoms with Gasteiger partial charge < -0.3 is 8.80 Å². The molecular formula is C52H30N4. The quantitative estimate of drug-likeness (QED) is 0.182. The molecule has 0 amide bonds. The van der Waals surface area contributed by atoms with E-state index < -0.39 is 0 Å².